The molecule has 2 nitrogen and oxygen atoms in total. The van der Waals surface area contributed by atoms with Crippen LogP contribution in [0.2, 0.25) is 0 Å². The van der Waals surface area contributed by atoms with Crippen molar-refractivity contribution in [2.45, 2.75) is 13.0 Å². The van der Waals surface area contributed by atoms with Crippen LogP contribution in [0.15, 0.2) is 45.5 Å². The highest BCUT2D eigenvalue weighted by Gasteiger charge is 2.11. The molecule has 0 radical (unpaired) electrons. The van der Waals surface area contributed by atoms with E-state index in [0.29, 0.717) is 0 Å². The standard InChI is InChI=1S/C13H11Br2NO/c1-8-2-3-9(7-16-8)13(17)10-4-11(14)6-12(15)5-10/h2-7,13,17H,1H3. The molecule has 0 aliphatic rings. The Hall–Kier alpha value is -0.710. The molecule has 2 aromatic rings. The van der Waals surface area contributed by atoms with Gasteiger partial charge in [0.25, 0.3) is 0 Å². The monoisotopic (exact) mass is 355 g/mol. The minimum Gasteiger partial charge on any atom is -0.384 e. The predicted octanol–water partition coefficient (Wildman–Crippen LogP) is 4.00. The van der Waals surface area contributed by atoms with E-state index < -0.39 is 6.10 Å². The zero-order chi connectivity index (χ0) is 12.4. The predicted molar refractivity (Wildman–Crippen MR) is 74.9 cm³/mol. The van der Waals surface area contributed by atoms with Gasteiger partial charge in [-0.2, -0.15) is 0 Å². The average Bonchev–Trinajstić information content (AvgIpc) is 2.28. The normalized spacial score (nSPS) is 12.5. The first kappa shape index (κ1) is 12.7. The topological polar surface area (TPSA) is 33.1 Å². The van der Waals surface area contributed by atoms with Gasteiger partial charge in [0.15, 0.2) is 0 Å². The van der Waals surface area contributed by atoms with Crippen molar-refractivity contribution in [3.05, 3.63) is 62.3 Å². The van der Waals surface area contributed by atoms with Gasteiger partial charge in [-0.3, -0.25) is 4.98 Å². The second-order valence-corrected chi connectivity index (χ2v) is 5.67. The second-order valence-electron chi connectivity index (χ2n) is 3.84. The summed E-state index contributed by atoms with van der Waals surface area (Å²) in [5, 5.41) is 10.2. The van der Waals surface area contributed by atoms with Crippen molar-refractivity contribution in [2.24, 2.45) is 0 Å². The van der Waals surface area contributed by atoms with Crippen LogP contribution in [0.1, 0.15) is 22.9 Å². The average molecular weight is 357 g/mol. The van der Waals surface area contributed by atoms with Crippen molar-refractivity contribution in [3.8, 4) is 0 Å². The van der Waals surface area contributed by atoms with Gasteiger partial charge in [-0.15, -0.1) is 0 Å². The zero-order valence-corrected chi connectivity index (χ0v) is 12.4. The number of hydrogen-bond donors (Lipinski definition) is 1. The molecule has 4 heteroatoms. The van der Waals surface area contributed by atoms with Gasteiger partial charge in [0, 0.05) is 26.4 Å². The van der Waals surface area contributed by atoms with Gasteiger partial charge in [0.2, 0.25) is 0 Å². The molecule has 17 heavy (non-hydrogen) atoms. The molecule has 0 saturated heterocycles. The molecule has 1 unspecified atom stereocenters. The van der Waals surface area contributed by atoms with Crippen LogP contribution in [0.5, 0.6) is 0 Å². The Bertz CT molecular complexity index is 505. The molecule has 0 spiro atoms. The molecule has 0 aliphatic carbocycles. The third kappa shape index (κ3) is 3.15. The molecule has 0 amide bonds. The van der Waals surface area contributed by atoms with Crippen molar-refractivity contribution >= 4 is 31.9 Å². The molecule has 2 rings (SSSR count). The lowest BCUT2D eigenvalue weighted by atomic mass is 10.0. The van der Waals surface area contributed by atoms with Crippen molar-refractivity contribution in [1.29, 1.82) is 0 Å². The lowest BCUT2D eigenvalue weighted by Crippen LogP contribution is -2.00. The van der Waals surface area contributed by atoms with Crippen LogP contribution in [-0.2, 0) is 0 Å². The molecule has 1 N–H and O–H groups in total. The summed E-state index contributed by atoms with van der Waals surface area (Å²) >= 11 is 6.82. The van der Waals surface area contributed by atoms with E-state index in [9.17, 15) is 5.11 Å². The summed E-state index contributed by atoms with van der Waals surface area (Å²) < 4.78 is 1.86. The molecule has 1 aromatic heterocycles. The van der Waals surface area contributed by atoms with E-state index in [-0.39, 0.29) is 0 Å². The third-order valence-electron chi connectivity index (χ3n) is 2.45. The first-order valence-corrected chi connectivity index (χ1v) is 6.71. The number of rotatable bonds is 2. The minimum absolute atomic E-state index is 0.656. The summed E-state index contributed by atoms with van der Waals surface area (Å²) in [6, 6.07) is 9.52. The fourth-order valence-electron chi connectivity index (χ4n) is 1.57. The van der Waals surface area contributed by atoms with Gasteiger partial charge in [-0.25, -0.2) is 0 Å². The summed E-state index contributed by atoms with van der Waals surface area (Å²) in [5.41, 5.74) is 2.56. The van der Waals surface area contributed by atoms with Gasteiger partial charge in [-0.1, -0.05) is 37.9 Å². The molecule has 88 valence electrons. The van der Waals surface area contributed by atoms with E-state index in [4.69, 9.17) is 0 Å². The number of aliphatic hydroxyl groups excluding tert-OH is 1. The number of pyridine rings is 1. The molecule has 1 heterocycles. The van der Waals surface area contributed by atoms with E-state index in [1.165, 1.54) is 0 Å². The maximum Gasteiger partial charge on any atom is 0.106 e. The van der Waals surface area contributed by atoms with E-state index in [0.717, 1.165) is 25.8 Å². The van der Waals surface area contributed by atoms with Gasteiger partial charge in [0.1, 0.15) is 6.10 Å². The third-order valence-corrected chi connectivity index (χ3v) is 3.37. The van der Waals surface area contributed by atoms with Crippen LogP contribution in [0, 0.1) is 6.92 Å². The lowest BCUT2D eigenvalue weighted by molar-refractivity contribution is 0.219. The van der Waals surface area contributed by atoms with Crippen LogP contribution in [-0.4, -0.2) is 10.1 Å². The van der Waals surface area contributed by atoms with Gasteiger partial charge < -0.3 is 5.11 Å². The highest BCUT2D eigenvalue weighted by molar-refractivity contribution is 9.11. The summed E-state index contributed by atoms with van der Waals surface area (Å²) in [7, 11) is 0. The zero-order valence-electron chi connectivity index (χ0n) is 9.19. The molecule has 0 bridgehead atoms. The summed E-state index contributed by atoms with van der Waals surface area (Å²) in [5.74, 6) is 0. The van der Waals surface area contributed by atoms with E-state index >= 15 is 0 Å². The minimum atomic E-state index is -0.656. The van der Waals surface area contributed by atoms with E-state index in [2.05, 4.69) is 36.8 Å². The molecular formula is C13H11Br2NO. The summed E-state index contributed by atoms with van der Waals surface area (Å²) in [6.07, 6.45) is 1.05. The highest BCUT2D eigenvalue weighted by Crippen LogP contribution is 2.27. The fourth-order valence-corrected chi connectivity index (χ4v) is 2.90. The van der Waals surface area contributed by atoms with Crippen molar-refractivity contribution in [2.75, 3.05) is 0 Å². The SMILES string of the molecule is Cc1ccc(C(O)c2cc(Br)cc(Br)c2)cn1. The first-order valence-electron chi connectivity index (χ1n) is 5.13. The second kappa shape index (κ2) is 5.29. The van der Waals surface area contributed by atoms with Gasteiger partial charge in [0.05, 0.1) is 0 Å². The number of aliphatic hydroxyl groups is 1. The summed E-state index contributed by atoms with van der Waals surface area (Å²) in [4.78, 5) is 4.19. The maximum absolute atomic E-state index is 10.2. The smallest absolute Gasteiger partial charge is 0.106 e. The van der Waals surface area contributed by atoms with Crippen molar-refractivity contribution in [3.63, 3.8) is 0 Å². The number of hydrogen-bond acceptors (Lipinski definition) is 2. The summed E-state index contributed by atoms with van der Waals surface area (Å²) in [6.45, 7) is 1.92. The van der Waals surface area contributed by atoms with E-state index in [1.54, 1.807) is 6.20 Å². The molecule has 0 fully saturated rings. The van der Waals surface area contributed by atoms with Gasteiger partial charge >= 0.3 is 0 Å². The Balaban J connectivity index is 2.36. The quantitative estimate of drug-likeness (QED) is 0.882. The first-order chi connectivity index (χ1) is 8.06. The van der Waals surface area contributed by atoms with Crippen LogP contribution >= 0.6 is 31.9 Å². The molecule has 1 aromatic carbocycles. The fraction of sp³-hybridized carbons (Fsp3) is 0.154. The van der Waals surface area contributed by atoms with Crippen molar-refractivity contribution in [1.82, 2.24) is 4.98 Å². The highest BCUT2D eigenvalue weighted by atomic mass is 79.9. The Morgan fingerprint density at radius 1 is 1.06 bits per heavy atom. The number of nitrogens with zero attached hydrogens (tertiary/aromatic N) is 1. The van der Waals surface area contributed by atoms with Gasteiger partial charge in [-0.05, 0) is 36.8 Å². The number of aryl methyl sites for hydroxylation is 1. The van der Waals surface area contributed by atoms with Crippen molar-refractivity contribution < 1.29 is 5.11 Å². The van der Waals surface area contributed by atoms with Crippen LogP contribution < -0.4 is 0 Å². The Morgan fingerprint density at radius 2 is 1.71 bits per heavy atom. The number of benzene rings is 1. The molecule has 1 atom stereocenters. The molecular weight excluding hydrogens is 346 g/mol. The van der Waals surface area contributed by atoms with Crippen LogP contribution in [0.25, 0.3) is 0 Å². The van der Waals surface area contributed by atoms with Crippen LogP contribution in [0.3, 0.4) is 0 Å². The lowest BCUT2D eigenvalue weighted by Gasteiger charge is -2.12. The van der Waals surface area contributed by atoms with Crippen LogP contribution in [0.4, 0.5) is 0 Å². The molecule has 0 saturated carbocycles. The Labute approximate surface area is 117 Å². The van der Waals surface area contributed by atoms with E-state index in [1.807, 2.05) is 37.3 Å². The Kier molecular flexibility index (Phi) is 3.97. The largest absolute Gasteiger partial charge is 0.384 e. The number of halogens is 2. The maximum atomic E-state index is 10.2. The molecule has 0 aliphatic heterocycles. The Morgan fingerprint density at radius 3 is 2.24 bits per heavy atom. The number of aromatic nitrogens is 1.